The zero-order valence-corrected chi connectivity index (χ0v) is 15.3. The fourth-order valence-corrected chi connectivity index (χ4v) is 2.99. The summed E-state index contributed by atoms with van der Waals surface area (Å²) in [5, 5.41) is 9.03. The van der Waals surface area contributed by atoms with Crippen LogP contribution in [0.3, 0.4) is 0 Å². The lowest BCUT2D eigenvalue weighted by Crippen LogP contribution is -2.11. The number of alkyl halides is 1. The lowest BCUT2D eigenvalue weighted by molar-refractivity contribution is -0.136. The van der Waals surface area contributed by atoms with Crippen molar-refractivity contribution in [1.82, 2.24) is 0 Å². The van der Waals surface area contributed by atoms with Crippen molar-refractivity contribution in [3.8, 4) is 16.9 Å². The first-order chi connectivity index (χ1) is 13.6. The first-order valence-corrected chi connectivity index (χ1v) is 9.00. The maximum atomic E-state index is 12.9. The molecule has 0 amide bonds. The molecule has 0 saturated heterocycles. The van der Waals surface area contributed by atoms with Gasteiger partial charge in [0.15, 0.2) is 0 Å². The number of aliphatic carboxylic acids is 1. The number of benzene rings is 3. The predicted octanol–water partition coefficient (Wildman–Crippen LogP) is 4.53. The molecular weight excluding hydrogens is 357 g/mol. The largest absolute Gasteiger partial charge is 0.489 e. The standard InChI is InChI=1S/C23H22FNO3/c24-14-21(25)19-9-4-8-18(12-19)17-7-3-5-16(11-17)15-28-22-10-2-1-6-20(22)13-23(26)27/h1-12,21H,13-15,25H2,(H,26,27)/t21-/m0/s1. The Kier molecular flexibility index (Phi) is 6.40. The molecule has 0 aromatic heterocycles. The second-order valence-electron chi connectivity index (χ2n) is 6.55. The van der Waals surface area contributed by atoms with Gasteiger partial charge in [0.05, 0.1) is 12.5 Å². The zero-order valence-electron chi connectivity index (χ0n) is 15.3. The molecule has 3 rings (SSSR count). The third-order valence-corrected chi connectivity index (χ3v) is 4.45. The summed E-state index contributed by atoms with van der Waals surface area (Å²) in [5.74, 6) is -0.337. The number of hydrogen-bond acceptors (Lipinski definition) is 3. The molecule has 0 radical (unpaired) electrons. The van der Waals surface area contributed by atoms with Gasteiger partial charge in [-0.2, -0.15) is 0 Å². The number of para-hydroxylation sites is 1. The van der Waals surface area contributed by atoms with Gasteiger partial charge in [-0.1, -0.05) is 54.6 Å². The number of rotatable bonds is 8. The van der Waals surface area contributed by atoms with E-state index in [2.05, 4.69) is 0 Å². The number of carbonyl (C=O) groups is 1. The monoisotopic (exact) mass is 379 g/mol. The average Bonchev–Trinajstić information content (AvgIpc) is 2.72. The van der Waals surface area contributed by atoms with E-state index < -0.39 is 18.7 Å². The summed E-state index contributed by atoms with van der Waals surface area (Å²) in [7, 11) is 0. The summed E-state index contributed by atoms with van der Waals surface area (Å²) in [5.41, 5.74) is 10.1. The van der Waals surface area contributed by atoms with Crippen LogP contribution in [0, 0.1) is 0 Å². The minimum atomic E-state index is -0.899. The van der Waals surface area contributed by atoms with E-state index in [1.165, 1.54) is 0 Å². The quantitative estimate of drug-likeness (QED) is 0.603. The molecule has 1 atom stereocenters. The van der Waals surface area contributed by atoms with Gasteiger partial charge in [-0.15, -0.1) is 0 Å². The second-order valence-corrected chi connectivity index (χ2v) is 6.55. The van der Waals surface area contributed by atoms with Crippen molar-refractivity contribution in [2.75, 3.05) is 6.67 Å². The van der Waals surface area contributed by atoms with Crippen LogP contribution in [-0.2, 0) is 17.8 Å². The Morgan fingerprint density at radius 3 is 2.46 bits per heavy atom. The van der Waals surface area contributed by atoms with Crippen molar-refractivity contribution >= 4 is 5.97 Å². The van der Waals surface area contributed by atoms with Crippen LogP contribution in [0.5, 0.6) is 5.75 Å². The molecule has 144 valence electrons. The van der Waals surface area contributed by atoms with E-state index in [1.807, 2.05) is 54.6 Å². The van der Waals surface area contributed by atoms with Gasteiger partial charge in [0.1, 0.15) is 19.0 Å². The summed E-state index contributed by atoms with van der Waals surface area (Å²) in [6.45, 7) is -0.290. The van der Waals surface area contributed by atoms with E-state index in [0.717, 1.165) is 22.3 Å². The second kappa shape index (κ2) is 9.15. The number of ether oxygens (including phenoxy) is 1. The number of carboxylic acid groups (broad SMARTS) is 1. The van der Waals surface area contributed by atoms with E-state index in [0.29, 0.717) is 17.9 Å². The molecule has 3 N–H and O–H groups in total. The Hall–Kier alpha value is -3.18. The van der Waals surface area contributed by atoms with Crippen molar-refractivity contribution in [2.45, 2.75) is 19.1 Å². The predicted molar refractivity (Wildman–Crippen MR) is 107 cm³/mol. The lowest BCUT2D eigenvalue weighted by Gasteiger charge is -2.12. The van der Waals surface area contributed by atoms with Gasteiger partial charge in [0.25, 0.3) is 0 Å². The average molecular weight is 379 g/mol. The Balaban J connectivity index is 1.77. The van der Waals surface area contributed by atoms with Crippen LogP contribution < -0.4 is 10.5 Å². The molecule has 0 aliphatic heterocycles. The minimum Gasteiger partial charge on any atom is -0.489 e. The van der Waals surface area contributed by atoms with Crippen LogP contribution in [-0.4, -0.2) is 17.8 Å². The highest BCUT2D eigenvalue weighted by molar-refractivity contribution is 5.71. The SMILES string of the molecule is N[C@@H](CF)c1cccc(-c2cccc(COc3ccccc3CC(=O)O)c2)c1. The summed E-state index contributed by atoms with van der Waals surface area (Å²) < 4.78 is 18.7. The molecule has 0 unspecified atom stereocenters. The van der Waals surface area contributed by atoms with Crippen molar-refractivity contribution in [3.05, 3.63) is 89.5 Å². The molecular formula is C23H22FNO3. The molecule has 0 aliphatic carbocycles. The highest BCUT2D eigenvalue weighted by atomic mass is 19.1. The molecule has 4 nitrogen and oxygen atoms in total. The third-order valence-electron chi connectivity index (χ3n) is 4.45. The lowest BCUT2D eigenvalue weighted by atomic mass is 9.99. The minimum absolute atomic E-state index is 0.0855. The van der Waals surface area contributed by atoms with Crippen molar-refractivity contribution in [2.24, 2.45) is 5.73 Å². The highest BCUT2D eigenvalue weighted by Gasteiger charge is 2.09. The third kappa shape index (κ3) is 4.96. The van der Waals surface area contributed by atoms with E-state index >= 15 is 0 Å². The Morgan fingerprint density at radius 2 is 1.71 bits per heavy atom. The Bertz CT molecular complexity index is 958. The molecule has 0 heterocycles. The van der Waals surface area contributed by atoms with Gasteiger partial charge >= 0.3 is 5.97 Å². The number of carboxylic acids is 1. The van der Waals surface area contributed by atoms with Crippen LogP contribution in [0.4, 0.5) is 4.39 Å². The molecule has 3 aromatic carbocycles. The maximum absolute atomic E-state index is 12.9. The van der Waals surface area contributed by atoms with Crippen LogP contribution in [0.2, 0.25) is 0 Å². The van der Waals surface area contributed by atoms with Gasteiger partial charge in [0.2, 0.25) is 0 Å². The fraction of sp³-hybridized carbons (Fsp3) is 0.174. The summed E-state index contributed by atoms with van der Waals surface area (Å²) in [6, 6.07) is 21.9. The Morgan fingerprint density at radius 1 is 1.00 bits per heavy atom. The Labute approximate surface area is 163 Å². The maximum Gasteiger partial charge on any atom is 0.307 e. The summed E-state index contributed by atoms with van der Waals surface area (Å²) in [6.07, 6.45) is -0.0855. The van der Waals surface area contributed by atoms with E-state index in [-0.39, 0.29) is 6.42 Å². The number of hydrogen-bond donors (Lipinski definition) is 2. The summed E-state index contributed by atoms with van der Waals surface area (Å²) in [4.78, 5) is 11.0. The normalized spacial score (nSPS) is 11.8. The van der Waals surface area contributed by atoms with Crippen molar-refractivity contribution in [1.29, 1.82) is 0 Å². The highest BCUT2D eigenvalue weighted by Crippen LogP contribution is 2.25. The number of nitrogens with two attached hydrogens (primary N) is 1. The number of halogens is 1. The van der Waals surface area contributed by atoms with Crippen LogP contribution in [0.1, 0.15) is 22.7 Å². The van der Waals surface area contributed by atoms with E-state index in [4.69, 9.17) is 15.6 Å². The van der Waals surface area contributed by atoms with Gasteiger partial charge < -0.3 is 15.6 Å². The first-order valence-electron chi connectivity index (χ1n) is 9.00. The molecule has 3 aromatic rings. The molecule has 0 fully saturated rings. The van der Waals surface area contributed by atoms with Gasteiger partial charge in [-0.3, -0.25) is 4.79 Å². The van der Waals surface area contributed by atoms with Gasteiger partial charge in [-0.25, -0.2) is 4.39 Å². The fourth-order valence-electron chi connectivity index (χ4n) is 2.99. The van der Waals surface area contributed by atoms with Crippen LogP contribution >= 0.6 is 0 Å². The first kappa shape index (κ1) is 19.6. The van der Waals surface area contributed by atoms with Gasteiger partial charge in [0, 0.05) is 5.56 Å². The topological polar surface area (TPSA) is 72.5 Å². The van der Waals surface area contributed by atoms with Crippen LogP contribution in [0.15, 0.2) is 72.8 Å². The van der Waals surface area contributed by atoms with E-state index in [9.17, 15) is 9.18 Å². The molecule has 0 aliphatic rings. The van der Waals surface area contributed by atoms with Crippen LogP contribution in [0.25, 0.3) is 11.1 Å². The molecule has 5 heteroatoms. The molecule has 0 saturated carbocycles. The van der Waals surface area contributed by atoms with Crippen molar-refractivity contribution < 1.29 is 19.0 Å². The molecule has 0 spiro atoms. The molecule has 0 bridgehead atoms. The van der Waals surface area contributed by atoms with Crippen molar-refractivity contribution in [3.63, 3.8) is 0 Å². The molecule has 28 heavy (non-hydrogen) atoms. The van der Waals surface area contributed by atoms with Gasteiger partial charge in [-0.05, 0) is 40.5 Å². The summed E-state index contributed by atoms with van der Waals surface area (Å²) >= 11 is 0. The zero-order chi connectivity index (χ0) is 19.9. The smallest absolute Gasteiger partial charge is 0.307 e. The van der Waals surface area contributed by atoms with E-state index in [1.54, 1.807) is 18.2 Å².